The first kappa shape index (κ1) is 17.9. The molecule has 2 aromatic carbocycles. The summed E-state index contributed by atoms with van der Waals surface area (Å²) in [5.74, 6) is -0.0955. The van der Waals surface area contributed by atoms with E-state index >= 15 is 0 Å². The molecule has 0 atom stereocenters. The van der Waals surface area contributed by atoms with Crippen molar-refractivity contribution in [2.45, 2.75) is 0 Å². The number of nitrogens with zero attached hydrogens (tertiary/aromatic N) is 3. The van der Waals surface area contributed by atoms with Gasteiger partial charge in [-0.25, -0.2) is 0 Å². The first-order valence-corrected chi connectivity index (χ1v) is 9.85. The third-order valence-electron chi connectivity index (χ3n) is 4.57. The minimum atomic E-state index is -0.251. The number of piperazine rings is 1. The van der Waals surface area contributed by atoms with E-state index in [1.54, 1.807) is 24.3 Å². The van der Waals surface area contributed by atoms with Gasteiger partial charge in [-0.1, -0.05) is 29.8 Å². The fourth-order valence-corrected chi connectivity index (χ4v) is 4.17. The van der Waals surface area contributed by atoms with Crippen LogP contribution in [0.25, 0.3) is 6.08 Å². The number of carbonyl (C=O) groups is 1. The number of benzene rings is 2. The van der Waals surface area contributed by atoms with Crippen molar-refractivity contribution in [2.75, 3.05) is 31.1 Å². The van der Waals surface area contributed by atoms with Crippen molar-refractivity contribution in [1.82, 2.24) is 4.90 Å². The summed E-state index contributed by atoms with van der Waals surface area (Å²) < 4.78 is 0. The Bertz CT molecular complexity index is 919. The van der Waals surface area contributed by atoms with Gasteiger partial charge in [0.05, 0.1) is 4.91 Å². The molecule has 2 heterocycles. The lowest BCUT2D eigenvalue weighted by Gasteiger charge is -2.36. The fourth-order valence-electron chi connectivity index (χ4n) is 3.09. The third-order valence-corrected chi connectivity index (χ3v) is 5.87. The van der Waals surface area contributed by atoms with E-state index in [1.165, 1.54) is 11.8 Å². The lowest BCUT2D eigenvalue weighted by Crippen LogP contribution is -2.47. The second kappa shape index (κ2) is 7.66. The number of phenolic OH excluding ortho intramolecular Hbond substituents is 1. The Kier molecular flexibility index (Phi) is 5.09. The monoisotopic (exact) mass is 399 g/mol. The molecule has 1 amide bonds. The lowest BCUT2D eigenvalue weighted by molar-refractivity contribution is -0.113. The summed E-state index contributed by atoms with van der Waals surface area (Å²) in [6, 6.07) is 14.8. The van der Waals surface area contributed by atoms with Crippen molar-refractivity contribution in [3.8, 4) is 5.75 Å². The van der Waals surface area contributed by atoms with Gasteiger partial charge < -0.3 is 14.9 Å². The van der Waals surface area contributed by atoms with Crippen LogP contribution in [0.3, 0.4) is 0 Å². The predicted octanol–water partition coefficient (Wildman–Crippen LogP) is 3.84. The number of phenols is 1. The molecule has 0 aromatic heterocycles. The lowest BCUT2D eigenvalue weighted by atomic mass is 10.2. The first-order valence-electron chi connectivity index (χ1n) is 8.66. The van der Waals surface area contributed by atoms with E-state index in [0.29, 0.717) is 10.5 Å². The Morgan fingerprint density at radius 2 is 1.67 bits per heavy atom. The van der Waals surface area contributed by atoms with E-state index < -0.39 is 0 Å². The quantitative estimate of drug-likeness (QED) is 0.777. The predicted molar refractivity (Wildman–Crippen MR) is 111 cm³/mol. The highest BCUT2D eigenvalue weighted by molar-refractivity contribution is 8.18. The highest BCUT2D eigenvalue weighted by Gasteiger charge is 2.28. The summed E-state index contributed by atoms with van der Waals surface area (Å²) in [5.41, 5.74) is 1.77. The van der Waals surface area contributed by atoms with Gasteiger partial charge in [0.15, 0.2) is 5.17 Å². The molecule has 0 aliphatic carbocycles. The highest BCUT2D eigenvalue weighted by Crippen LogP contribution is 2.32. The van der Waals surface area contributed by atoms with Gasteiger partial charge in [-0.05, 0) is 48.2 Å². The zero-order valence-electron chi connectivity index (χ0n) is 14.5. The number of amidine groups is 1. The molecule has 1 saturated heterocycles. The van der Waals surface area contributed by atoms with Gasteiger partial charge in [-0.3, -0.25) is 4.79 Å². The molecule has 2 aromatic rings. The van der Waals surface area contributed by atoms with Crippen molar-refractivity contribution < 1.29 is 9.90 Å². The smallest absolute Gasteiger partial charge is 0.286 e. The largest absolute Gasteiger partial charge is 0.507 e. The molecule has 27 heavy (non-hydrogen) atoms. The Morgan fingerprint density at radius 3 is 2.37 bits per heavy atom. The molecule has 4 rings (SSSR count). The van der Waals surface area contributed by atoms with Crippen LogP contribution in [-0.4, -0.2) is 47.3 Å². The van der Waals surface area contributed by atoms with Crippen LogP contribution in [0, 0.1) is 0 Å². The molecular formula is C20H18ClN3O2S. The van der Waals surface area contributed by atoms with Crippen LogP contribution in [0.15, 0.2) is 58.4 Å². The van der Waals surface area contributed by atoms with Crippen LogP contribution < -0.4 is 4.90 Å². The van der Waals surface area contributed by atoms with Crippen LogP contribution >= 0.6 is 23.4 Å². The van der Waals surface area contributed by atoms with Crippen molar-refractivity contribution in [3.05, 3.63) is 64.0 Å². The number of aliphatic imine (C=N–C) groups is 1. The minimum absolute atomic E-state index is 0.156. The molecule has 0 spiro atoms. The number of rotatable bonds is 2. The highest BCUT2D eigenvalue weighted by atomic mass is 35.5. The maximum atomic E-state index is 12.3. The van der Waals surface area contributed by atoms with E-state index in [0.717, 1.165) is 42.1 Å². The number of carbonyl (C=O) groups excluding carboxylic acids is 1. The number of hydrogen-bond acceptors (Lipinski definition) is 5. The molecule has 2 aliphatic heterocycles. The summed E-state index contributed by atoms with van der Waals surface area (Å²) in [7, 11) is 0. The molecule has 1 fully saturated rings. The van der Waals surface area contributed by atoms with Gasteiger partial charge >= 0.3 is 0 Å². The fraction of sp³-hybridized carbons (Fsp3) is 0.200. The summed E-state index contributed by atoms with van der Waals surface area (Å²) >= 11 is 7.33. The van der Waals surface area contributed by atoms with E-state index in [2.05, 4.69) is 14.8 Å². The van der Waals surface area contributed by atoms with E-state index in [1.807, 2.05) is 30.3 Å². The topological polar surface area (TPSA) is 56.1 Å². The van der Waals surface area contributed by atoms with Gasteiger partial charge in [-0.2, -0.15) is 4.99 Å². The standard InChI is InChI=1S/C20H18ClN3O2S/c21-15-5-7-16(8-6-15)23-9-11-24(12-10-23)20-22-19(26)18(27-20)13-14-3-1-2-4-17(14)25/h1-8,13,25H,9-12H2/b18-13-. The van der Waals surface area contributed by atoms with E-state index in [4.69, 9.17) is 11.6 Å². The third kappa shape index (κ3) is 3.96. The van der Waals surface area contributed by atoms with Crippen molar-refractivity contribution >= 4 is 46.2 Å². The number of aromatic hydroxyl groups is 1. The summed E-state index contributed by atoms with van der Waals surface area (Å²) in [6.45, 7) is 3.30. The molecule has 0 bridgehead atoms. The molecule has 0 unspecified atom stereocenters. The molecule has 0 radical (unpaired) electrons. The van der Waals surface area contributed by atoms with Crippen molar-refractivity contribution in [3.63, 3.8) is 0 Å². The Labute approximate surface area is 167 Å². The average molecular weight is 400 g/mol. The number of para-hydroxylation sites is 1. The zero-order chi connectivity index (χ0) is 18.8. The second-order valence-corrected chi connectivity index (χ2v) is 7.77. The maximum absolute atomic E-state index is 12.3. The Hall–Kier alpha value is -2.44. The van der Waals surface area contributed by atoms with Gasteiger partial charge in [0, 0.05) is 42.5 Å². The molecule has 5 nitrogen and oxygen atoms in total. The molecule has 7 heteroatoms. The van der Waals surface area contributed by atoms with Crippen LogP contribution in [0.2, 0.25) is 5.02 Å². The molecule has 1 N–H and O–H groups in total. The molecule has 138 valence electrons. The van der Waals surface area contributed by atoms with Crippen molar-refractivity contribution in [2.24, 2.45) is 4.99 Å². The maximum Gasteiger partial charge on any atom is 0.286 e. The van der Waals surface area contributed by atoms with Gasteiger partial charge in [0.25, 0.3) is 5.91 Å². The summed E-state index contributed by atoms with van der Waals surface area (Å²) in [6.07, 6.45) is 1.70. The summed E-state index contributed by atoms with van der Waals surface area (Å²) in [5, 5.41) is 11.4. The van der Waals surface area contributed by atoms with E-state index in [-0.39, 0.29) is 11.7 Å². The average Bonchev–Trinajstić information content (AvgIpc) is 3.05. The normalized spacial score (nSPS) is 18.9. The molecule has 2 aliphatic rings. The Balaban J connectivity index is 1.41. The first-order chi connectivity index (χ1) is 13.1. The van der Waals surface area contributed by atoms with Gasteiger partial charge in [0.2, 0.25) is 0 Å². The second-order valence-electron chi connectivity index (χ2n) is 6.32. The van der Waals surface area contributed by atoms with Crippen LogP contribution in [0.5, 0.6) is 5.75 Å². The zero-order valence-corrected chi connectivity index (χ0v) is 16.1. The summed E-state index contributed by atoms with van der Waals surface area (Å²) in [4.78, 5) is 21.4. The minimum Gasteiger partial charge on any atom is -0.507 e. The van der Waals surface area contributed by atoms with Crippen molar-refractivity contribution in [1.29, 1.82) is 0 Å². The van der Waals surface area contributed by atoms with Gasteiger partial charge in [0.1, 0.15) is 5.75 Å². The molecular weight excluding hydrogens is 382 g/mol. The number of halogens is 1. The van der Waals surface area contributed by atoms with Crippen LogP contribution in [0.1, 0.15) is 5.56 Å². The number of thioether (sulfide) groups is 1. The number of hydrogen-bond donors (Lipinski definition) is 1. The van der Waals surface area contributed by atoms with Crippen LogP contribution in [-0.2, 0) is 4.79 Å². The number of amides is 1. The van der Waals surface area contributed by atoms with Crippen LogP contribution in [0.4, 0.5) is 5.69 Å². The molecule has 0 saturated carbocycles. The Morgan fingerprint density at radius 1 is 1.00 bits per heavy atom. The van der Waals surface area contributed by atoms with Gasteiger partial charge in [-0.15, -0.1) is 0 Å². The number of anilines is 1. The van der Waals surface area contributed by atoms with E-state index in [9.17, 15) is 9.90 Å². The SMILES string of the molecule is O=C1N=C(N2CCN(c3ccc(Cl)cc3)CC2)S/C1=C\c1ccccc1O.